The number of nitrogen functional groups attached to an aromatic ring is 1. The third kappa shape index (κ3) is 3.17. The number of fused-ring (bicyclic) bond motifs is 1. The molecule has 0 fully saturated rings. The number of pyridine rings is 2. The van der Waals surface area contributed by atoms with Crippen molar-refractivity contribution in [3.8, 4) is 0 Å². The van der Waals surface area contributed by atoms with E-state index in [1.807, 2.05) is 25.1 Å². The predicted molar refractivity (Wildman–Crippen MR) is 95.0 cm³/mol. The Labute approximate surface area is 138 Å². The van der Waals surface area contributed by atoms with Gasteiger partial charge in [-0.25, -0.2) is 9.97 Å². The standard InChI is InChI=1S/C17H18N4OS/c1-3-4-11-6-7-12-14(18)15(23-17(12)20-11)16(22)21-13-8-5-10(2)9-19-13/h5-9H,3-4,18H2,1-2H3,(H,19,21,22). The maximum atomic E-state index is 12.5. The molecule has 3 aromatic heterocycles. The van der Waals surface area contributed by atoms with Crippen molar-refractivity contribution < 1.29 is 4.79 Å². The highest BCUT2D eigenvalue weighted by Crippen LogP contribution is 2.33. The van der Waals surface area contributed by atoms with Crippen LogP contribution >= 0.6 is 11.3 Å². The van der Waals surface area contributed by atoms with E-state index >= 15 is 0 Å². The van der Waals surface area contributed by atoms with Crippen LogP contribution in [0.5, 0.6) is 0 Å². The number of nitrogens with zero attached hydrogens (tertiary/aromatic N) is 2. The fourth-order valence-electron chi connectivity index (χ4n) is 2.31. The number of amides is 1. The van der Waals surface area contributed by atoms with Gasteiger partial charge in [0.1, 0.15) is 15.5 Å². The molecule has 0 aliphatic rings. The van der Waals surface area contributed by atoms with E-state index in [4.69, 9.17) is 5.73 Å². The summed E-state index contributed by atoms with van der Waals surface area (Å²) in [6, 6.07) is 7.59. The molecule has 0 aliphatic heterocycles. The van der Waals surface area contributed by atoms with Gasteiger partial charge < -0.3 is 11.1 Å². The van der Waals surface area contributed by atoms with Crippen LogP contribution < -0.4 is 11.1 Å². The summed E-state index contributed by atoms with van der Waals surface area (Å²) in [5.74, 6) is 0.260. The molecule has 118 valence electrons. The molecule has 6 heteroatoms. The van der Waals surface area contributed by atoms with E-state index in [2.05, 4.69) is 22.2 Å². The van der Waals surface area contributed by atoms with Gasteiger partial charge in [0, 0.05) is 17.3 Å². The summed E-state index contributed by atoms with van der Waals surface area (Å²) in [6.07, 6.45) is 3.66. The van der Waals surface area contributed by atoms with Gasteiger partial charge in [-0.2, -0.15) is 0 Å². The van der Waals surface area contributed by atoms with Crippen molar-refractivity contribution in [3.05, 3.63) is 46.6 Å². The number of anilines is 2. The summed E-state index contributed by atoms with van der Waals surface area (Å²) < 4.78 is 0. The van der Waals surface area contributed by atoms with Gasteiger partial charge in [-0.3, -0.25) is 4.79 Å². The molecule has 0 bridgehead atoms. The molecular weight excluding hydrogens is 308 g/mol. The fraction of sp³-hybridized carbons (Fsp3) is 0.235. The fourth-order valence-corrected chi connectivity index (χ4v) is 3.32. The Balaban J connectivity index is 1.90. The zero-order valence-electron chi connectivity index (χ0n) is 13.1. The molecule has 3 aromatic rings. The first kappa shape index (κ1) is 15.4. The minimum atomic E-state index is -0.251. The molecule has 5 nitrogen and oxygen atoms in total. The first-order chi connectivity index (χ1) is 11.1. The Morgan fingerprint density at radius 1 is 1.30 bits per heavy atom. The largest absolute Gasteiger partial charge is 0.397 e. The summed E-state index contributed by atoms with van der Waals surface area (Å²) in [4.78, 5) is 22.5. The number of hydrogen-bond acceptors (Lipinski definition) is 5. The van der Waals surface area contributed by atoms with E-state index in [0.29, 0.717) is 16.4 Å². The number of aryl methyl sites for hydroxylation is 2. The molecule has 3 rings (SSSR count). The SMILES string of the molecule is CCCc1ccc2c(N)c(C(=O)Nc3ccc(C)cn3)sc2n1. The van der Waals surface area contributed by atoms with Gasteiger partial charge in [-0.1, -0.05) is 19.4 Å². The second kappa shape index (κ2) is 6.34. The molecule has 0 aromatic carbocycles. The van der Waals surface area contributed by atoms with Gasteiger partial charge in [0.15, 0.2) is 0 Å². The maximum absolute atomic E-state index is 12.5. The molecule has 0 saturated carbocycles. The lowest BCUT2D eigenvalue weighted by atomic mass is 10.2. The number of nitrogens with two attached hydrogens (primary N) is 1. The van der Waals surface area contributed by atoms with Crippen LogP contribution in [-0.2, 0) is 6.42 Å². The van der Waals surface area contributed by atoms with Crippen molar-refractivity contribution in [1.29, 1.82) is 0 Å². The highest BCUT2D eigenvalue weighted by molar-refractivity contribution is 7.21. The molecule has 0 spiro atoms. The van der Waals surface area contributed by atoms with Crippen molar-refractivity contribution in [1.82, 2.24) is 9.97 Å². The van der Waals surface area contributed by atoms with Gasteiger partial charge >= 0.3 is 0 Å². The Morgan fingerprint density at radius 3 is 2.83 bits per heavy atom. The smallest absolute Gasteiger partial charge is 0.269 e. The number of carbonyl (C=O) groups excluding carboxylic acids is 1. The number of aromatic nitrogens is 2. The lowest BCUT2D eigenvalue weighted by molar-refractivity contribution is 0.103. The molecule has 0 radical (unpaired) electrons. The molecule has 3 N–H and O–H groups in total. The van der Waals surface area contributed by atoms with Crippen LogP contribution in [0.1, 0.15) is 34.3 Å². The topological polar surface area (TPSA) is 80.9 Å². The molecule has 23 heavy (non-hydrogen) atoms. The monoisotopic (exact) mass is 326 g/mol. The van der Waals surface area contributed by atoms with Crippen LogP contribution in [0.25, 0.3) is 10.2 Å². The Kier molecular flexibility index (Phi) is 4.25. The van der Waals surface area contributed by atoms with Crippen LogP contribution in [0.2, 0.25) is 0 Å². The normalized spacial score (nSPS) is 10.9. The van der Waals surface area contributed by atoms with Crippen LogP contribution in [0.15, 0.2) is 30.5 Å². The minimum absolute atomic E-state index is 0.251. The molecular formula is C17H18N4OS. The van der Waals surface area contributed by atoms with Crippen LogP contribution in [0.3, 0.4) is 0 Å². The lowest BCUT2D eigenvalue weighted by Crippen LogP contribution is -2.12. The quantitative estimate of drug-likeness (QED) is 0.764. The number of thiophene rings is 1. The van der Waals surface area contributed by atoms with Gasteiger partial charge in [0.05, 0.1) is 5.69 Å². The molecule has 3 heterocycles. The third-order valence-corrected chi connectivity index (χ3v) is 4.63. The highest BCUT2D eigenvalue weighted by atomic mass is 32.1. The van der Waals surface area contributed by atoms with Crippen molar-refractivity contribution in [2.45, 2.75) is 26.7 Å². The van der Waals surface area contributed by atoms with Gasteiger partial charge in [-0.15, -0.1) is 11.3 Å². The molecule has 0 atom stereocenters. The summed E-state index contributed by atoms with van der Waals surface area (Å²) in [5, 5.41) is 3.61. The van der Waals surface area contributed by atoms with Crippen molar-refractivity contribution in [2.75, 3.05) is 11.1 Å². The highest BCUT2D eigenvalue weighted by Gasteiger charge is 2.18. The Bertz CT molecular complexity index is 855. The van der Waals surface area contributed by atoms with E-state index in [0.717, 1.165) is 34.3 Å². The Hall–Kier alpha value is -2.47. The molecule has 0 unspecified atom stereocenters. The summed E-state index contributed by atoms with van der Waals surface area (Å²) >= 11 is 1.32. The van der Waals surface area contributed by atoms with E-state index in [9.17, 15) is 4.79 Å². The van der Waals surface area contributed by atoms with Crippen molar-refractivity contribution in [3.63, 3.8) is 0 Å². The number of hydrogen-bond donors (Lipinski definition) is 2. The number of carbonyl (C=O) groups is 1. The number of rotatable bonds is 4. The average molecular weight is 326 g/mol. The average Bonchev–Trinajstić information content (AvgIpc) is 2.87. The van der Waals surface area contributed by atoms with Crippen molar-refractivity contribution >= 4 is 39.0 Å². The number of nitrogens with one attached hydrogen (secondary N) is 1. The van der Waals surface area contributed by atoms with Gasteiger partial charge in [-0.05, 0) is 37.1 Å². The second-order valence-electron chi connectivity index (χ2n) is 5.43. The van der Waals surface area contributed by atoms with Crippen LogP contribution in [0, 0.1) is 6.92 Å². The second-order valence-corrected chi connectivity index (χ2v) is 6.42. The zero-order valence-corrected chi connectivity index (χ0v) is 13.9. The summed E-state index contributed by atoms with van der Waals surface area (Å²) in [7, 11) is 0. The van der Waals surface area contributed by atoms with E-state index in [1.165, 1.54) is 11.3 Å². The first-order valence-electron chi connectivity index (χ1n) is 7.50. The van der Waals surface area contributed by atoms with Gasteiger partial charge in [0.2, 0.25) is 0 Å². The van der Waals surface area contributed by atoms with Crippen molar-refractivity contribution in [2.24, 2.45) is 0 Å². The van der Waals surface area contributed by atoms with Crippen LogP contribution in [-0.4, -0.2) is 15.9 Å². The first-order valence-corrected chi connectivity index (χ1v) is 8.32. The lowest BCUT2D eigenvalue weighted by Gasteiger charge is -2.03. The maximum Gasteiger partial charge on any atom is 0.269 e. The third-order valence-electron chi connectivity index (χ3n) is 3.52. The zero-order chi connectivity index (χ0) is 16.4. The predicted octanol–water partition coefficient (Wildman–Crippen LogP) is 3.79. The Morgan fingerprint density at radius 2 is 2.13 bits per heavy atom. The molecule has 0 saturated heterocycles. The van der Waals surface area contributed by atoms with E-state index < -0.39 is 0 Å². The summed E-state index contributed by atoms with van der Waals surface area (Å²) in [5.41, 5.74) is 8.67. The molecule has 0 aliphatic carbocycles. The summed E-state index contributed by atoms with van der Waals surface area (Å²) in [6.45, 7) is 4.06. The van der Waals surface area contributed by atoms with E-state index in [1.54, 1.807) is 12.3 Å². The van der Waals surface area contributed by atoms with E-state index in [-0.39, 0.29) is 5.91 Å². The van der Waals surface area contributed by atoms with Gasteiger partial charge in [0.25, 0.3) is 5.91 Å². The van der Waals surface area contributed by atoms with Crippen LogP contribution in [0.4, 0.5) is 11.5 Å². The minimum Gasteiger partial charge on any atom is -0.397 e. The molecule has 1 amide bonds.